The van der Waals surface area contributed by atoms with Crippen molar-refractivity contribution in [3.05, 3.63) is 42.0 Å². The number of hydrogen-bond donors (Lipinski definition) is 1. The van der Waals surface area contributed by atoms with Crippen LogP contribution in [-0.4, -0.2) is 31.7 Å². The molecule has 2 rings (SSSR count). The molecule has 0 saturated carbocycles. The zero-order chi connectivity index (χ0) is 11.9. The first-order valence-electron chi connectivity index (χ1n) is 5.77. The number of pyridine rings is 1. The number of rotatable bonds is 6. The highest BCUT2D eigenvalue weighted by Gasteiger charge is 2.00. The molecule has 0 aliphatic rings. The minimum atomic E-state index is 0.197. The maximum absolute atomic E-state index is 8.72. The van der Waals surface area contributed by atoms with Crippen LogP contribution in [0.15, 0.2) is 30.7 Å². The largest absolute Gasteiger partial charge is 0.396 e. The van der Waals surface area contributed by atoms with Gasteiger partial charge in [-0.2, -0.15) is 0 Å². The summed E-state index contributed by atoms with van der Waals surface area (Å²) in [6.45, 7) is 1.00. The summed E-state index contributed by atoms with van der Waals surface area (Å²) in [5.74, 6) is 0. The van der Waals surface area contributed by atoms with Gasteiger partial charge in [0.25, 0.3) is 0 Å². The van der Waals surface area contributed by atoms with Gasteiger partial charge < -0.3 is 5.11 Å². The molecule has 0 saturated heterocycles. The summed E-state index contributed by atoms with van der Waals surface area (Å²) in [6, 6.07) is 3.99. The molecule has 0 atom stereocenters. The quantitative estimate of drug-likeness (QED) is 0.801. The minimum Gasteiger partial charge on any atom is -0.396 e. The Labute approximate surface area is 100 Å². The number of hydrogen-bond acceptors (Lipinski definition) is 4. The van der Waals surface area contributed by atoms with E-state index in [-0.39, 0.29) is 6.61 Å². The Hall–Kier alpha value is -1.75. The van der Waals surface area contributed by atoms with Crippen molar-refractivity contribution in [3.8, 4) is 0 Å². The molecule has 0 aliphatic carbocycles. The van der Waals surface area contributed by atoms with Crippen molar-refractivity contribution in [2.24, 2.45) is 0 Å². The lowest BCUT2D eigenvalue weighted by molar-refractivity contribution is 0.288. The van der Waals surface area contributed by atoms with Crippen molar-refractivity contribution in [1.29, 1.82) is 0 Å². The molecule has 5 heteroatoms. The van der Waals surface area contributed by atoms with Gasteiger partial charge in [0.15, 0.2) is 0 Å². The maximum atomic E-state index is 8.72. The van der Waals surface area contributed by atoms with Gasteiger partial charge in [0.1, 0.15) is 0 Å². The number of nitrogens with zero attached hydrogens (tertiary/aromatic N) is 4. The van der Waals surface area contributed by atoms with E-state index in [0.29, 0.717) is 0 Å². The van der Waals surface area contributed by atoms with E-state index in [9.17, 15) is 0 Å². The molecule has 0 fully saturated rings. The Morgan fingerprint density at radius 1 is 1.29 bits per heavy atom. The van der Waals surface area contributed by atoms with E-state index in [2.05, 4.69) is 21.4 Å². The molecule has 2 heterocycles. The maximum Gasteiger partial charge on any atom is 0.0828 e. The van der Waals surface area contributed by atoms with Gasteiger partial charge in [-0.15, -0.1) is 5.10 Å². The van der Waals surface area contributed by atoms with Crippen LogP contribution in [0.3, 0.4) is 0 Å². The van der Waals surface area contributed by atoms with Crippen LogP contribution in [0.1, 0.15) is 17.7 Å². The molecule has 0 aromatic carbocycles. The lowest BCUT2D eigenvalue weighted by atomic mass is 10.2. The molecule has 2 aromatic rings. The highest BCUT2D eigenvalue weighted by molar-refractivity contribution is 5.08. The van der Waals surface area contributed by atoms with Gasteiger partial charge in [-0.1, -0.05) is 11.3 Å². The molecule has 90 valence electrons. The van der Waals surface area contributed by atoms with Crippen molar-refractivity contribution < 1.29 is 5.11 Å². The predicted octanol–water partition coefficient (Wildman–Crippen LogP) is 0.841. The second-order valence-electron chi connectivity index (χ2n) is 3.91. The number of aliphatic hydroxyl groups is 1. The summed E-state index contributed by atoms with van der Waals surface area (Å²) in [5.41, 5.74) is 2.13. The third-order valence-corrected chi connectivity index (χ3v) is 2.53. The molecule has 0 spiro atoms. The summed E-state index contributed by atoms with van der Waals surface area (Å²) in [5, 5.41) is 16.8. The van der Waals surface area contributed by atoms with Gasteiger partial charge >= 0.3 is 0 Å². The average Bonchev–Trinajstić information content (AvgIpc) is 2.83. The van der Waals surface area contributed by atoms with Crippen molar-refractivity contribution in [2.45, 2.75) is 25.8 Å². The van der Waals surface area contributed by atoms with Crippen LogP contribution in [0.25, 0.3) is 0 Å². The van der Waals surface area contributed by atoms with Gasteiger partial charge in [-0.25, -0.2) is 0 Å². The Balaban J connectivity index is 1.85. The molecule has 0 amide bonds. The van der Waals surface area contributed by atoms with E-state index in [0.717, 1.165) is 31.5 Å². The van der Waals surface area contributed by atoms with E-state index < -0.39 is 0 Å². The molecule has 0 bridgehead atoms. The van der Waals surface area contributed by atoms with Crippen molar-refractivity contribution in [1.82, 2.24) is 20.0 Å². The van der Waals surface area contributed by atoms with E-state index in [4.69, 9.17) is 5.11 Å². The summed E-state index contributed by atoms with van der Waals surface area (Å²) >= 11 is 0. The van der Waals surface area contributed by atoms with Crippen LogP contribution >= 0.6 is 0 Å². The van der Waals surface area contributed by atoms with Crippen molar-refractivity contribution >= 4 is 0 Å². The van der Waals surface area contributed by atoms with E-state index in [1.807, 2.05) is 23.1 Å². The van der Waals surface area contributed by atoms with Gasteiger partial charge in [0.2, 0.25) is 0 Å². The molecular formula is C12H16N4O. The fourth-order valence-electron chi connectivity index (χ4n) is 1.61. The van der Waals surface area contributed by atoms with Crippen molar-refractivity contribution in [2.75, 3.05) is 6.61 Å². The second-order valence-corrected chi connectivity index (χ2v) is 3.91. The van der Waals surface area contributed by atoms with E-state index >= 15 is 0 Å². The first-order chi connectivity index (χ1) is 8.38. The second kappa shape index (κ2) is 6.10. The van der Waals surface area contributed by atoms with Crippen LogP contribution in [0.5, 0.6) is 0 Å². The molecule has 0 aliphatic heterocycles. The van der Waals surface area contributed by atoms with Crippen LogP contribution in [0.2, 0.25) is 0 Å². The lowest BCUT2D eigenvalue weighted by Crippen LogP contribution is -2.02. The van der Waals surface area contributed by atoms with Gasteiger partial charge in [-0.05, 0) is 30.9 Å². The molecule has 5 nitrogen and oxygen atoms in total. The minimum absolute atomic E-state index is 0.197. The smallest absolute Gasteiger partial charge is 0.0828 e. The zero-order valence-corrected chi connectivity index (χ0v) is 9.66. The monoisotopic (exact) mass is 232 g/mol. The SMILES string of the molecule is OCCCc1cn(CCc2cccnc2)nn1. The summed E-state index contributed by atoms with van der Waals surface area (Å²) in [6.07, 6.45) is 7.99. The molecular weight excluding hydrogens is 216 g/mol. The topological polar surface area (TPSA) is 63.8 Å². The Bertz CT molecular complexity index is 441. The van der Waals surface area contributed by atoms with Crippen LogP contribution in [0.4, 0.5) is 0 Å². The van der Waals surface area contributed by atoms with Gasteiger partial charge in [0.05, 0.1) is 5.69 Å². The van der Waals surface area contributed by atoms with Crippen molar-refractivity contribution in [3.63, 3.8) is 0 Å². The van der Waals surface area contributed by atoms with Gasteiger partial charge in [-0.3, -0.25) is 9.67 Å². The molecule has 0 radical (unpaired) electrons. The van der Waals surface area contributed by atoms with E-state index in [1.54, 1.807) is 6.20 Å². The first kappa shape index (κ1) is 11.7. The average molecular weight is 232 g/mol. The lowest BCUT2D eigenvalue weighted by Gasteiger charge is -1.99. The standard InChI is InChI=1S/C12H16N4O/c17-8-2-4-12-10-16(15-14-12)7-5-11-3-1-6-13-9-11/h1,3,6,9-10,17H,2,4-5,7-8H2. The third kappa shape index (κ3) is 3.64. The summed E-state index contributed by atoms with van der Waals surface area (Å²) < 4.78 is 1.83. The molecule has 17 heavy (non-hydrogen) atoms. The zero-order valence-electron chi connectivity index (χ0n) is 9.66. The highest BCUT2D eigenvalue weighted by atomic mass is 16.2. The Kier molecular flexibility index (Phi) is 4.21. The van der Waals surface area contributed by atoms with Crippen LogP contribution in [0, 0.1) is 0 Å². The van der Waals surface area contributed by atoms with E-state index in [1.165, 1.54) is 5.56 Å². The Morgan fingerprint density at radius 3 is 3.00 bits per heavy atom. The number of aryl methyl sites for hydroxylation is 3. The third-order valence-electron chi connectivity index (χ3n) is 2.53. The highest BCUT2D eigenvalue weighted by Crippen LogP contribution is 2.01. The number of aromatic nitrogens is 4. The number of aliphatic hydroxyl groups excluding tert-OH is 1. The van der Waals surface area contributed by atoms with Crippen LogP contribution in [-0.2, 0) is 19.4 Å². The normalized spacial score (nSPS) is 10.6. The van der Waals surface area contributed by atoms with Gasteiger partial charge in [0, 0.05) is 31.7 Å². The summed E-state index contributed by atoms with van der Waals surface area (Å²) in [4.78, 5) is 4.07. The van der Waals surface area contributed by atoms with Crippen LogP contribution < -0.4 is 0 Å². The molecule has 0 unspecified atom stereocenters. The first-order valence-corrected chi connectivity index (χ1v) is 5.77. The fourth-order valence-corrected chi connectivity index (χ4v) is 1.61. The predicted molar refractivity (Wildman–Crippen MR) is 63.4 cm³/mol. The molecule has 2 aromatic heterocycles. The Morgan fingerprint density at radius 2 is 2.24 bits per heavy atom. The summed E-state index contributed by atoms with van der Waals surface area (Å²) in [7, 11) is 0. The fraction of sp³-hybridized carbons (Fsp3) is 0.417. The molecule has 1 N–H and O–H groups in total.